The van der Waals surface area contributed by atoms with Crippen molar-refractivity contribution in [2.24, 2.45) is 4.99 Å². The molecule has 0 bridgehead atoms. The Morgan fingerprint density at radius 2 is 1.74 bits per heavy atom. The minimum atomic E-state index is -3.42. The Morgan fingerprint density at radius 3 is 2.32 bits per heavy atom. The highest BCUT2D eigenvalue weighted by Gasteiger charge is 2.11. The first-order valence-corrected chi connectivity index (χ1v) is 11.9. The fourth-order valence-corrected chi connectivity index (χ4v) is 3.43. The van der Waals surface area contributed by atoms with Crippen LogP contribution in [0.15, 0.2) is 76.7 Å². The number of hydrogen-bond acceptors (Lipinski definition) is 8. The molecule has 0 unspecified atom stereocenters. The molecule has 3 aromatic rings. The fraction of sp³-hybridized carbons (Fsp3) is 0.100. The SMILES string of the molecule is C=C(/N=C(\OCSc1ncc(Cl)cn1)c1ccc(F)cc1)c1ccc(S(C)(=O)=O)nc1. The van der Waals surface area contributed by atoms with Crippen LogP contribution in [0, 0.1) is 5.82 Å². The van der Waals surface area contributed by atoms with E-state index in [1.807, 2.05) is 0 Å². The van der Waals surface area contributed by atoms with E-state index in [2.05, 4.69) is 26.5 Å². The number of sulfone groups is 1. The van der Waals surface area contributed by atoms with Crippen LogP contribution in [0.5, 0.6) is 0 Å². The number of thioether (sulfide) groups is 1. The molecule has 0 N–H and O–H groups in total. The van der Waals surface area contributed by atoms with Crippen LogP contribution in [0.25, 0.3) is 5.70 Å². The third-order valence-corrected chi connectivity index (χ3v) is 5.66. The lowest BCUT2D eigenvalue weighted by Crippen LogP contribution is -2.08. The van der Waals surface area contributed by atoms with Crippen molar-refractivity contribution in [2.75, 3.05) is 12.2 Å². The summed E-state index contributed by atoms with van der Waals surface area (Å²) < 4.78 is 42.3. The van der Waals surface area contributed by atoms with E-state index < -0.39 is 15.7 Å². The van der Waals surface area contributed by atoms with Crippen LogP contribution in [0.1, 0.15) is 11.1 Å². The van der Waals surface area contributed by atoms with Crippen molar-refractivity contribution in [3.8, 4) is 0 Å². The molecule has 0 atom stereocenters. The van der Waals surface area contributed by atoms with Crippen molar-refractivity contribution in [3.63, 3.8) is 0 Å². The summed E-state index contributed by atoms with van der Waals surface area (Å²) in [6.07, 6.45) is 5.38. The van der Waals surface area contributed by atoms with Gasteiger partial charge in [0.25, 0.3) is 0 Å². The average molecular weight is 479 g/mol. The molecule has 0 spiro atoms. The van der Waals surface area contributed by atoms with Crippen LogP contribution in [-0.2, 0) is 14.6 Å². The van der Waals surface area contributed by atoms with Crippen molar-refractivity contribution in [2.45, 2.75) is 10.2 Å². The lowest BCUT2D eigenvalue weighted by molar-refractivity contribution is 0.382. The van der Waals surface area contributed by atoms with Crippen LogP contribution >= 0.6 is 23.4 Å². The normalized spacial score (nSPS) is 11.9. The average Bonchev–Trinajstić information content (AvgIpc) is 2.74. The van der Waals surface area contributed by atoms with Crippen molar-refractivity contribution in [1.29, 1.82) is 0 Å². The van der Waals surface area contributed by atoms with Crippen LogP contribution in [0.2, 0.25) is 5.02 Å². The molecule has 0 saturated carbocycles. The Labute approximate surface area is 188 Å². The van der Waals surface area contributed by atoms with Gasteiger partial charge >= 0.3 is 0 Å². The summed E-state index contributed by atoms with van der Waals surface area (Å²) in [6.45, 7) is 3.90. The highest BCUT2D eigenvalue weighted by Crippen LogP contribution is 2.19. The van der Waals surface area contributed by atoms with E-state index in [0.717, 1.165) is 6.26 Å². The molecule has 2 aromatic heterocycles. The maximum atomic E-state index is 13.3. The number of halogens is 2. The quantitative estimate of drug-likeness (QED) is 0.165. The Morgan fingerprint density at radius 1 is 1.10 bits per heavy atom. The molecule has 0 amide bonds. The van der Waals surface area contributed by atoms with E-state index in [-0.39, 0.29) is 16.9 Å². The van der Waals surface area contributed by atoms with E-state index >= 15 is 0 Å². The van der Waals surface area contributed by atoms with E-state index in [9.17, 15) is 12.8 Å². The van der Waals surface area contributed by atoms with Crippen molar-refractivity contribution >= 4 is 44.8 Å². The van der Waals surface area contributed by atoms with Gasteiger partial charge in [0.2, 0.25) is 5.90 Å². The number of hydrogen-bond donors (Lipinski definition) is 0. The molecular weight excluding hydrogens is 463 g/mol. The fourth-order valence-electron chi connectivity index (χ4n) is 2.24. The van der Waals surface area contributed by atoms with Gasteiger partial charge in [-0.25, -0.2) is 32.8 Å². The van der Waals surface area contributed by atoms with Gasteiger partial charge in [0, 0.05) is 23.6 Å². The molecule has 0 fully saturated rings. The maximum Gasteiger partial charge on any atom is 0.222 e. The minimum Gasteiger partial charge on any atom is -0.466 e. The molecule has 7 nitrogen and oxygen atoms in total. The summed E-state index contributed by atoms with van der Waals surface area (Å²) in [4.78, 5) is 16.5. The first-order chi connectivity index (χ1) is 14.7. The molecule has 11 heteroatoms. The summed E-state index contributed by atoms with van der Waals surface area (Å²) in [5, 5.41) is 0.829. The molecule has 1 aromatic carbocycles. The van der Waals surface area contributed by atoms with Crippen LogP contribution in [0.3, 0.4) is 0 Å². The van der Waals surface area contributed by atoms with Crippen LogP contribution in [0.4, 0.5) is 4.39 Å². The number of ether oxygens (including phenoxy) is 1. The number of rotatable bonds is 7. The largest absolute Gasteiger partial charge is 0.466 e. The van der Waals surface area contributed by atoms with Crippen molar-refractivity contribution in [1.82, 2.24) is 15.0 Å². The molecule has 31 heavy (non-hydrogen) atoms. The lowest BCUT2D eigenvalue weighted by Gasteiger charge is -2.10. The first kappa shape index (κ1) is 22.9. The molecule has 0 radical (unpaired) electrons. The summed E-state index contributed by atoms with van der Waals surface area (Å²) in [5.74, 6) is -0.0822. The van der Waals surface area contributed by atoms with Gasteiger partial charge in [-0.1, -0.05) is 18.2 Å². The molecule has 160 valence electrons. The second kappa shape index (κ2) is 9.99. The molecular formula is C20H16ClFN4O3S2. The standard InChI is InChI=1S/C20H16ClFN4O3S2/c1-13(15-5-8-18(23-9-15)31(2,27)28)26-19(14-3-6-17(22)7-4-14)29-12-30-20-24-10-16(21)11-25-20/h3-11H,1,12H2,2H3/b26-19-. The van der Waals surface area contributed by atoms with Gasteiger partial charge < -0.3 is 4.74 Å². The summed E-state index contributed by atoms with van der Waals surface area (Å²) in [6, 6.07) is 8.54. The van der Waals surface area contributed by atoms with Crippen molar-refractivity contribution < 1.29 is 17.5 Å². The number of aliphatic imine (C=N–C) groups is 1. The van der Waals surface area contributed by atoms with Crippen LogP contribution in [-0.4, -0.2) is 41.5 Å². The first-order valence-electron chi connectivity index (χ1n) is 8.65. The Hall–Kier alpha value is -2.82. The predicted molar refractivity (Wildman–Crippen MR) is 118 cm³/mol. The monoisotopic (exact) mass is 478 g/mol. The number of pyridine rings is 1. The van der Waals surface area contributed by atoms with Gasteiger partial charge in [0.15, 0.2) is 20.0 Å². The lowest BCUT2D eigenvalue weighted by atomic mass is 10.2. The van der Waals surface area contributed by atoms with Gasteiger partial charge in [-0.05, 0) is 48.2 Å². The minimum absolute atomic E-state index is 0.0533. The van der Waals surface area contributed by atoms with E-state index in [1.54, 1.807) is 6.07 Å². The molecule has 2 heterocycles. The Bertz CT molecular complexity index is 1200. The molecule has 0 aliphatic rings. The zero-order valence-corrected chi connectivity index (χ0v) is 18.6. The van der Waals surface area contributed by atoms with Crippen molar-refractivity contribution in [3.05, 3.63) is 83.5 Å². The topological polar surface area (TPSA) is 94.4 Å². The zero-order chi connectivity index (χ0) is 22.4. The predicted octanol–water partition coefficient (Wildman–Crippen LogP) is 4.25. The van der Waals surface area contributed by atoms with Gasteiger partial charge in [0.1, 0.15) is 11.8 Å². The van der Waals surface area contributed by atoms with E-state index in [0.29, 0.717) is 27.0 Å². The Kier molecular flexibility index (Phi) is 7.37. The highest BCUT2D eigenvalue weighted by molar-refractivity contribution is 7.99. The van der Waals surface area contributed by atoms with Gasteiger partial charge in [-0.3, -0.25) is 0 Å². The van der Waals surface area contributed by atoms with Crippen LogP contribution < -0.4 is 0 Å². The molecule has 0 aliphatic carbocycles. The number of benzene rings is 1. The number of aromatic nitrogens is 3. The third kappa shape index (κ3) is 6.58. The highest BCUT2D eigenvalue weighted by atomic mass is 35.5. The summed E-state index contributed by atoms with van der Waals surface area (Å²) in [5.41, 5.74) is 1.32. The summed E-state index contributed by atoms with van der Waals surface area (Å²) >= 11 is 6.99. The smallest absolute Gasteiger partial charge is 0.222 e. The second-order valence-electron chi connectivity index (χ2n) is 6.12. The van der Waals surface area contributed by atoms with Gasteiger partial charge in [0.05, 0.1) is 23.1 Å². The van der Waals surface area contributed by atoms with Gasteiger partial charge in [-0.2, -0.15) is 0 Å². The molecule has 3 rings (SSSR count). The Balaban J connectivity index is 1.80. The van der Waals surface area contributed by atoms with Gasteiger partial charge in [-0.15, -0.1) is 0 Å². The van der Waals surface area contributed by atoms with E-state index in [4.69, 9.17) is 16.3 Å². The molecule has 0 saturated heterocycles. The van der Waals surface area contributed by atoms with E-state index in [1.165, 1.54) is 60.7 Å². The maximum absolute atomic E-state index is 13.3. The summed E-state index contributed by atoms with van der Waals surface area (Å²) in [7, 11) is -3.42. The second-order valence-corrected chi connectivity index (χ2v) is 9.41. The molecule has 0 aliphatic heterocycles. The zero-order valence-electron chi connectivity index (χ0n) is 16.2. The number of nitrogens with zero attached hydrogens (tertiary/aromatic N) is 4. The third-order valence-electron chi connectivity index (χ3n) is 3.76.